The van der Waals surface area contributed by atoms with Gasteiger partial charge in [-0.25, -0.2) is 0 Å². The standard InChI is InChI=1S/C25H54N4O3/c1-23(2,20-30)17-27-12-8-13-29(19-25(5,6)22-32)16-15-28(18-24(3,4)21-31)11-7-9-26-10-14-27/h26,30-32H,7-22H2,1-6H3. The minimum absolute atomic E-state index is 0.0932. The molecule has 1 aliphatic rings. The van der Waals surface area contributed by atoms with Gasteiger partial charge in [0.15, 0.2) is 0 Å². The van der Waals surface area contributed by atoms with Crippen LogP contribution in [-0.4, -0.2) is 122 Å². The van der Waals surface area contributed by atoms with Crippen LogP contribution in [0.1, 0.15) is 54.4 Å². The third-order valence-corrected chi connectivity index (χ3v) is 6.35. The van der Waals surface area contributed by atoms with Gasteiger partial charge < -0.3 is 35.3 Å². The molecule has 1 saturated heterocycles. The van der Waals surface area contributed by atoms with Gasteiger partial charge in [0.1, 0.15) is 0 Å². The molecular weight excluding hydrogens is 404 g/mol. The van der Waals surface area contributed by atoms with Gasteiger partial charge >= 0.3 is 0 Å². The monoisotopic (exact) mass is 458 g/mol. The minimum atomic E-state index is -0.122. The molecule has 192 valence electrons. The van der Waals surface area contributed by atoms with E-state index in [1.165, 1.54) is 0 Å². The molecule has 0 unspecified atom stereocenters. The molecule has 7 heteroatoms. The van der Waals surface area contributed by atoms with Crippen LogP contribution >= 0.6 is 0 Å². The Morgan fingerprint density at radius 1 is 0.531 bits per heavy atom. The molecule has 0 aromatic rings. The van der Waals surface area contributed by atoms with E-state index in [1.807, 2.05) is 0 Å². The highest BCUT2D eigenvalue weighted by Gasteiger charge is 2.25. The molecule has 0 amide bonds. The lowest BCUT2D eigenvalue weighted by Crippen LogP contribution is -2.46. The Balaban J connectivity index is 2.86. The van der Waals surface area contributed by atoms with E-state index in [0.29, 0.717) is 0 Å². The summed E-state index contributed by atoms with van der Waals surface area (Å²) in [5.41, 5.74) is -0.318. The van der Waals surface area contributed by atoms with Crippen molar-refractivity contribution in [3.05, 3.63) is 0 Å². The number of hydrogen-bond donors (Lipinski definition) is 4. The van der Waals surface area contributed by atoms with Crippen molar-refractivity contribution in [2.24, 2.45) is 16.2 Å². The summed E-state index contributed by atoms with van der Waals surface area (Å²) < 4.78 is 0. The summed E-state index contributed by atoms with van der Waals surface area (Å²) >= 11 is 0. The molecule has 32 heavy (non-hydrogen) atoms. The van der Waals surface area contributed by atoms with Crippen LogP contribution in [0.3, 0.4) is 0 Å². The molecular formula is C25H54N4O3. The maximum atomic E-state index is 9.83. The number of aliphatic hydroxyl groups is 3. The van der Waals surface area contributed by atoms with E-state index < -0.39 is 0 Å². The van der Waals surface area contributed by atoms with Gasteiger partial charge in [-0.15, -0.1) is 0 Å². The number of nitrogens with zero attached hydrogens (tertiary/aromatic N) is 3. The Kier molecular flexibility index (Phi) is 13.2. The van der Waals surface area contributed by atoms with Crippen LogP contribution < -0.4 is 5.32 Å². The smallest absolute Gasteiger partial charge is 0.0494 e. The molecule has 0 aromatic heterocycles. The Morgan fingerprint density at radius 3 is 1.31 bits per heavy atom. The van der Waals surface area contributed by atoms with Crippen LogP contribution in [0.15, 0.2) is 0 Å². The van der Waals surface area contributed by atoms with Gasteiger partial charge in [0, 0.05) is 81.9 Å². The van der Waals surface area contributed by atoms with Crippen LogP contribution in [0.4, 0.5) is 0 Å². The lowest BCUT2D eigenvalue weighted by Gasteiger charge is -2.37. The van der Waals surface area contributed by atoms with Crippen LogP contribution in [0.25, 0.3) is 0 Å². The summed E-state index contributed by atoms with van der Waals surface area (Å²) in [6, 6.07) is 0. The Labute approximate surface area is 198 Å². The van der Waals surface area contributed by atoms with Crippen LogP contribution in [0.2, 0.25) is 0 Å². The third kappa shape index (κ3) is 12.8. The summed E-state index contributed by atoms with van der Waals surface area (Å²) in [5, 5.41) is 32.9. The van der Waals surface area contributed by atoms with Crippen molar-refractivity contribution in [1.29, 1.82) is 0 Å². The first-order chi connectivity index (χ1) is 14.9. The summed E-state index contributed by atoms with van der Waals surface area (Å²) in [6.07, 6.45) is 2.16. The second kappa shape index (κ2) is 14.2. The average Bonchev–Trinajstić information content (AvgIpc) is 2.72. The summed E-state index contributed by atoms with van der Waals surface area (Å²) in [5.74, 6) is 0. The molecule has 0 bridgehead atoms. The lowest BCUT2D eigenvalue weighted by atomic mass is 9.93. The van der Waals surface area contributed by atoms with Gasteiger partial charge in [-0.3, -0.25) is 0 Å². The highest BCUT2D eigenvalue weighted by Crippen LogP contribution is 2.19. The van der Waals surface area contributed by atoms with E-state index in [2.05, 4.69) is 61.6 Å². The second-order valence-corrected chi connectivity index (χ2v) is 12.3. The van der Waals surface area contributed by atoms with E-state index in [0.717, 1.165) is 84.8 Å². The second-order valence-electron chi connectivity index (χ2n) is 12.3. The zero-order chi connectivity index (χ0) is 24.3. The minimum Gasteiger partial charge on any atom is -0.396 e. The molecule has 1 fully saturated rings. The van der Waals surface area contributed by atoms with Gasteiger partial charge in [-0.05, 0) is 39.0 Å². The quantitative estimate of drug-likeness (QED) is 0.415. The van der Waals surface area contributed by atoms with Gasteiger partial charge in [0.2, 0.25) is 0 Å². The zero-order valence-corrected chi connectivity index (χ0v) is 22.0. The van der Waals surface area contributed by atoms with E-state index >= 15 is 0 Å². The third-order valence-electron chi connectivity index (χ3n) is 6.35. The molecule has 4 N–H and O–H groups in total. The lowest BCUT2D eigenvalue weighted by molar-refractivity contribution is 0.0700. The fourth-order valence-electron chi connectivity index (χ4n) is 4.37. The Morgan fingerprint density at radius 2 is 0.906 bits per heavy atom. The first kappa shape index (κ1) is 29.8. The average molecular weight is 459 g/mol. The van der Waals surface area contributed by atoms with E-state index in [1.54, 1.807) is 0 Å². The van der Waals surface area contributed by atoms with E-state index in [9.17, 15) is 15.3 Å². The normalized spacial score (nSPS) is 20.9. The van der Waals surface area contributed by atoms with Crippen LogP contribution in [0, 0.1) is 16.2 Å². The van der Waals surface area contributed by atoms with E-state index in [-0.39, 0.29) is 36.1 Å². The fourth-order valence-corrected chi connectivity index (χ4v) is 4.37. The van der Waals surface area contributed by atoms with Crippen molar-refractivity contribution in [3.8, 4) is 0 Å². The molecule has 0 radical (unpaired) electrons. The van der Waals surface area contributed by atoms with Gasteiger partial charge in [0.25, 0.3) is 0 Å². The predicted molar refractivity (Wildman–Crippen MR) is 134 cm³/mol. The molecule has 0 aliphatic carbocycles. The predicted octanol–water partition coefficient (Wildman–Crippen LogP) is 1.33. The fraction of sp³-hybridized carbons (Fsp3) is 1.00. The summed E-state index contributed by atoms with van der Waals surface area (Å²) in [6.45, 7) is 24.0. The molecule has 0 spiro atoms. The first-order valence-electron chi connectivity index (χ1n) is 12.6. The Hall–Kier alpha value is -0.280. The largest absolute Gasteiger partial charge is 0.396 e. The summed E-state index contributed by atoms with van der Waals surface area (Å²) in [7, 11) is 0. The molecule has 0 saturated carbocycles. The zero-order valence-electron chi connectivity index (χ0n) is 22.0. The molecule has 7 nitrogen and oxygen atoms in total. The van der Waals surface area contributed by atoms with Crippen LogP contribution in [0.5, 0.6) is 0 Å². The topological polar surface area (TPSA) is 82.4 Å². The molecule has 0 aromatic carbocycles. The number of nitrogens with one attached hydrogen (secondary N) is 1. The van der Waals surface area contributed by atoms with Gasteiger partial charge in [-0.1, -0.05) is 41.5 Å². The van der Waals surface area contributed by atoms with E-state index in [4.69, 9.17) is 0 Å². The van der Waals surface area contributed by atoms with Gasteiger partial charge in [0.05, 0.1) is 0 Å². The van der Waals surface area contributed by atoms with Crippen molar-refractivity contribution in [2.75, 3.05) is 91.8 Å². The molecule has 1 aliphatic heterocycles. The number of rotatable bonds is 9. The van der Waals surface area contributed by atoms with Crippen LogP contribution in [-0.2, 0) is 0 Å². The van der Waals surface area contributed by atoms with Crippen molar-refractivity contribution in [3.63, 3.8) is 0 Å². The highest BCUT2D eigenvalue weighted by molar-refractivity contribution is 4.79. The number of hydrogen-bond acceptors (Lipinski definition) is 7. The maximum absolute atomic E-state index is 9.83. The number of aliphatic hydroxyl groups excluding tert-OH is 3. The molecule has 1 heterocycles. The van der Waals surface area contributed by atoms with Crippen molar-refractivity contribution in [2.45, 2.75) is 54.4 Å². The molecule has 0 atom stereocenters. The van der Waals surface area contributed by atoms with Gasteiger partial charge in [-0.2, -0.15) is 0 Å². The van der Waals surface area contributed by atoms with Crippen molar-refractivity contribution in [1.82, 2.24) is 20.0 Å². The highest BCUT2D eigenvalue weighted by atomic mass is 16.3. The maximum Gasteiger partial charge on any atom is 0.0494 e. The Bertz CT molecular complexity index is 500. The van der Waals surface area contributed by atoms with Crippen molar-refractivity contribution < 1.29 is 15.3 Å². The molecule has 1 rings (SSSR count). The van der Waals surface area contributed by atoms with Crippen molar-refractivity contribution >= 4 is 0 Å². The first-order valence-corrected chi connectivity index (χ1v) is 12.6. The summed E-state index contributed by atoms with van der Waals surface area (Å²) in [4.78, 5) is 7.49. The SMILES string of the molecule is CC(C)(CO)CN1CCCN(CC(C)(C)CO)CCN(CC(C)(C)CO)CCCNCC1.